The van der Waals surface area contributed by atoms with Crippen LogP contribution in [-0.2, 0) is 4.74 Å². The van der Waals surface area contributed by atoms with E-state index in [-0.39, 0.29) is 12.1 Å². The molecule has 2 atom stereocenters. The van der Waals surface area contributed by atoms with Crippen LogP contribution in [0.1, 0.15) is 39.5 Å². The maximum atomic E-state index is 12.3. The Labute approximate surface area is 203 Å². The fraction of sp³-hybridized carbons (Fsp3) is 0.148. The molecule has 2 aromatic carbocycles. The van der Waals surface area contributed by atoms with E-state index in [2.05, 4.69) is 34.3 Å². The van der Waals surface area contributed by atoms with Gasteiger partial charge in [0.25, 0.3) is 0 Å². The monoisotopic (exact) mass is 469 g/mol. The first-order chi connectivity index (χ1) is 16.6. The summed E-state index contributed by atoms with van der Waals surface area (Å²) in [5.41, 5.74) is 4.10. The number of benzene rings is 2. The number of aromatic nitrogens is 1. The molecule has 0 unspecified atom stereocenters. The quantitative estimate of drug-likeness (QED) is 0.301. The molecule has 170 valence electrons. The molecule has 34 heavy (non-hydrogen) atoms. The molecule has 0 amide bonds. The van der Waals surface area contributed by atoms with Crippen molar-refractivity contribution in [2.75, 3.05) is 12.0 Å². The van der Waals surface area contributed by atoms with Gasteiger partial charge in [-0.3, -0.25) is 4.98 Å². The molecule has 1 aliphatic heterocycles. The Balaban J connectivity index is 1.60. The van der Waals surface area contributed by atoms with Crippen LogP contribution in [0.3, 0.4) is 0 Å². The summed E-state index contributed by atoms with van der Waals surface area (Å²) in [5.74, 6) is 0.876. The third kappa shape index (κ3) is 3.95. The Hall–Kier alpha value is -3.97. The maximum absolute atomic E-state index is 12.3. The Morgan fingerprint density at radius 3 is 2.53 bits per heavy atom. The van der Waals surface area contributed by atoms with Gasteiger partial charge in [0.1, 0.15) is 17.6 Å². The molecule has 0 bridgehead atoms. The predicted octanol–water partition coefficient (Wildman–Crippen LogP) is 5.61. The number of anilines is 1. The molecule has 0 aliphatic carbocycles. The van der Waals surface area contributed by atoms with Crippen molar-refractivity contribution < 1.29 is 13.9 Å². The second kappa shape index (κ2) is 9.11. The number of carbonyl (C=O) groups excluding carboxylic acids is 1. The minimum Gasteiger partial charge on any atom is -0.465 e. The number of nitrogens with zero attached hydrogens (tertiary/aromatic N) is 2. The number of pyridine rings is 1. The fourth-order valence-corrected chi connectivity index (χ4v) is 4.62. The van der Waals surface area contributed by atoms with E-state index in [1.54, 1.807) is 18.3 Å². The molecule has 1 saturated heterocycles. The van der Waals surface area contributed by atoms with Crippen molar-refractivity contribution in [3.05, 3.63) is 108 Å². The van der Waals surface area contributed by atoms with Gasteiger partial charge in [0, 0.05) is 17.4 Å². The number of rotatable bonds is 5. The Kier molecular flexibility index (Phi) is 5.86. The lowest BCUT2D eigenvalue weighted by atomic mass is 10.0. The van der Waals surface area contributed by atoms with Crippen LogP contribution in [-0.4, -0.2) is 23.2 Å². The number of nitrogens with one attached hydrogen (secondary N) is 1. The zero-order valence-electron chi connectivity index (χ0n) is 18.8. The first-order valence-electron chi connectivity index (χ1n) is 10.9. The van der Waals surface area contributed by atoms with Crippen molar-refractivity contribution in [1.82, 2.24) is 10.3 Å². The Bertz CT molecular complexity index is 1330. The smallest absolute Gasteiger partial charge is 0.338 e. The lowest BCUT2D eigenvalue weighted by Gasteiger charge is -2.26. The van der Waals surface area contributed by atoms with Crippen LogP contribution >= 0.6 is 12.2 Å². The number of carbonyl (C=O) groups is 1. The average molecular weight is 470 g/mol. The van der Waals surface area contributed by atoms with E-state index < -0.39 is 5.97 Å². The van der Waals surface area contributed by atoms with Gasteiger partial charge in [0.2, 0.25) is 0 Å². The molecule has 0 radical (unpaired) electrons. The summed E-state index contributed by atoms with van der Waals surface area (Å²) in [6.07, 6.45) is 1.77. The highest BCUT2D eigenvalue weighted by Crippen LogP contribution is 2.43. The molecule has 7 heteroatoms. The molecule has 1 aliphatic rings. The van der Waals surface area contributed by atoms with Crippen LogP contribution in [0.25, 0.3) is 11.3 Å². The number of methoxy groups -OCH3 is 1. The summed E-state index contributed by atoms with van der Waals surface area (Å²) >= 11 is 5.76. The minimum absolute atomic E-state index is 0.218. The van der Waals surface area contributed by atoms with Gasteiger partial charge in [-0.05, 0) is 61.6 Å². The van der Waals surface area contributed by atoms with Crippen LogP contribution in [0.5, 0.6) is 0 Å². The Morgan fingerprint density at radius 1 is 1.03 bits per heavy atom. The van der Waals surface area contributed by atoms with Gasteiger partial charge in [-0.25, -0.2) is 4.79 Å². The summed E-state index contributed by atoms with van der Waals surface area (Å²) in [5, 5.41) is 4.03. The third-order valence-electron chi connectivity index (χ3n) is 5.93. The lowest BCUT2D eigenvalue weighted by molar-refractivity contribution is 0.0601. The van der Waals surface area contributed by atoms with Crippen LogP contribution in [0.2, 0.25) is 0 Å². The number of hydrogen-bond acceptors (Lipinski definition) is 5. The van der Waals surface area contributed by atoms with Crippen molar-refractivity contribution in [2.45, 2.75) is 19.0 Å². The summed E-state index contributed by atoms with van der Waals surface area (Å²) < 4.78 is 11.3. The van der Waals surface area contributed by atoms with E-state index in [1.807, 2.05) is 54.6 Å². The van der Waals surface area contributed by atoms with Gasteiger partial charge < -0.3 is 19.4 Å². The van der Waals surface area contributed by atoms with Gasteiger partial charge in [0.15, 0.2) is 5.11 Å². The molecule has 3 heterocycles. The van der Waals surface area contributed by atoms with Crippen molar-refractivity contribution in [1.29, 1.82) is 0 Å². The Morgan fingerprint density at radius 2 is 1.79 bits per heavy atom. The molecular weight excluding hydrogens is 446 g/mol. The normalized spacial score (nSPS) is 17.5. The average Bonchev–Trinajstić information content (AvgIpc) is 3.49. The second-order valence-corrected chi connectivity index (χ2v) is 8.46. The highest BCUT2D eigenvalue weighted by Gasteiger charge is 2.42. The topological polar surface area (TPSA) is 67.6 Å². The zero-order valence-corrected chi connectivity index (χ0v) is 19.6. The van der Waals surface area contributed by atoms with E-state index in [1.165, 1.54) is 12.7 Å². The molecule has 1 N–H and O–H groups in total. The van der Waals surface area contributed by atoms with Crippen LogP contribution in [0, 0.1) is 6.92 Å². The van der Waals surface area contributed by atoms with Crippen molar-refractivity contribution in [3.63, 3.8) is 0 Å². The van der Waals surface area contributed by atoms with Gasteiger partial charge in [-0.15, -0.1) is 0 Å². The van der Waals surface area contributed by atoms with E-state index >= 15 is 0 Å². The molecular formula is C27H23N3O3S. The second-order valence-electron chi connectivity index (χ2n) is 8.07. The fourth-order valence-electron chi connectivity index (χ4n) is 4.27. The largest absolute Gasteiger partial charge is 0.465 e. The highest BCUT2D eigenvalue weighted by atomic mass is 32.1. The van der Waals surface area contributed by atoms with E-state index in [0.29, 0.717) is 27.8 Å². The number of esters is 1. The SMILES string of the molecule is COC(=O)c1ccccc1-c1ccc([C@@H]2[C@H](c3ccccn3)NC(=S)N2c2ccc(C)cc2)o1. The molecule has 2 aromatic heterocycles. The number of ether oxygens (including phenoxy) is 1. The number of hydrogen-bond donors (Lipinski definition) is 1. The minimum atomic E-state index is -0.412. The van der Waals surface area contributed by atoms with Crippen LogP contribution in [0.4, 0.5) is 5.69 Å². The zero-order chi connectivity index (χ0) is 23.7. The van der Waals surface area contributed by atoms with Crippen molar-refractivity contribution in [3.8, 4) is 11.3 Å². The van der Waals surface area contributed by atoms with Crippen LogP contribution < -0.4 is 10.2 Å². The molecule has 0 saturated carbocycles. The number of thiocarbonyl (C=S) groups is 1. The standard InChI is InChI=1S/C27H23N3O3S/c1-17-10-12-18(13-11-17)30-25(24(29-27(30)34)21-9-5-6-16-28-21)23-15-14-22(33-23)19-7-3-4-8-20(19)26(31)32-2/h3-16,24-25H,1-2H3,(H,29,34)/t24-,25+/m0/s1. The third-order valence-corrected chi connectivity index (χ3v) is 6.24. The van der Waals surface area contributed by atoms with E-state index in [4.69, 9.17) is 21.4 Å². The van der Waals surface area contributed by atoms with E-state index in [0.717, 1.165) is 11.4 Å². The van der Waals surface area contributed by atoms with Gasteiger partial charge in [-0.2, -0.15) is 0 Å². The van der Waals surface area contributed by atoms with Gasteiger partial charge in [0.05, 0.1) is 24.4 Å². The first-order valence-corrected chi connectivity index (χ1v) is 11.3. The van der Waals surface area contributed by atoms with Crippen molar-refractivity contribution >= 4 is 29.0 Å². The number of aryl methyl sites for hydroxylation is 1. The van der Waals surface area contributed by atoms with Gasteiger partial charge in [-0.1, -0.05) is 42.0 Å². The molecule has 0 spiro atoms. The molecule has 6 nitrogen and oxygen atoms in total. The molecule has 1 fully saturated rings. The van der Waals surface area contributed by atoms with Crippen LogP contribution in [0.15, 0.2) is 89.5 Å². The van der Waals surface area contributed by atoms with E-state index in [9.17, 15) is 4.79 Å². The maximum Gasteiger partial charge on any atom is 0.338 e. The van der Waals surface area contributed by atoms with Crippen molar-refractivity contribution in [2.24, 2.45) is 0 Å². The summed E-state index contributed by atoms with van der Waals surface area (Å²) in [4.78, 5) is 18.9. The first kappa shape index (κ1) is 21.9. The highest BCUT2D eigenvalue weighted by molar-refractivity contribution is 7.80. The van der Waals surface area contributed by atoms with Gasteiger partial charge >= 0.3 is 5.97 Å². The molecule has 5 rings (SSSR count). The number of furan rings is 1. The summed E-state index contributed by atoms with van der Waals surface area (Å²) in [6, 6.07) is 24.6. The summed E-state index contributed by atoms with van der Waals surface area (Å²) in [7, 11) is 1.37. The molecule has 4 aromatic rings. The predicted molar refractivity (Wildman–Crippen MR) is 135 cm³/mol. The summed E-state index contributed by atoms with van der Waals surface area (Å²) in [6.45, 7) is 2.05. The lowest BCUT2D eigenvalue weighted by Crippen LogP contribution is -2.29.